The maximum Gasteiger partial charge on any atom is 0.324 e. The van der Waals surface area contributed by atoms with Crippen LogP contribution in [-0.2, 0) is 11.3 Å². The van der Waals surface area contributed by atoms with E-state index in [1.54, 1.807) is 30.2 Å². The van der Waals surface area contributed by atoms with Crippen molar-refractivity contribution >= 4 is 23.3 Å². The van der Waals surface area contributed by atoms with E-state index >= 15 is 0 Å². The Morgan fingerprint density at radius 1 is 0.939 bits per heavy atom. The van der Waals surface area contributed by atoms with Crippen molar-refractivity contribution in [2.24, 2.45) is 0 Å². The Balaban J connectivity index is 1.38. The molecule has 1 heterocycles. The molecular weight excluding hydrogens is 418 g/mol. The lowest BCUT2D eigenvalue weighted by Crippen LogP contribution is -2.49. The minimum atomic E-state index is -0.262. The second-order valence-corrected chi connectivity index (χ2v) is 7.76. The molecule has 170 valence electrons. The zero-order valence-corrected chi connectivity index (χ0v) is 18.6. The van der Waals surface area contributed by atoms with E-state index < -0.39 is 0 Å². The van der Waals surface area contributed by atoms with Crippen LogP contribution in [0.5, 0.6) is 11.5 Å². The number of hydrogen-bond acceptors (Lipinski definition) is 4. The predicted octanol–water partition coefficient (Wildman–Crippen LogP) is 4.55. The minimum absolute atomic E-state index is 0.0482. The third kappa shape index (κ3) is 5.83. The van der Waals surface area contributed by atoms with Crippen LogP contribution in [0.4, 0.5) is 16.2 Å². The predicted molar refractivity (Wildman–Crippen MR) is 128 cm³/mol. The van der Waals surface area contributed by atoms with Gasteiger partial charge in [-0.3, -0.25) is 9.69 Å². The fraction of sp³-hybridized carbons (Fsp3) is 0.231. The van der Waals surface area contributed by atoms with Gasteiger partial charge in [0.1, 0.15) is 11.5 Å². The number of rotatable bonds is 8. The summed E-state index contributed by atoms with van der Waals surface area (Å²) in [6.45, 7) is 1.78. The van der Waals surface area contributed by atoms with Crippen molar-refractivity contribution in [2.45, 2.75) is 13.0 Å². The number of ether oxygens (including phenoxy) is 2. The highest BCUT2D eigenvalue weighted by Crippen LogP contribution is 2.25. The number of amides is 3. The summed E-state index contributed by atoms with van der Waals surface area (Å²) < 4.78 is 10.7. The number of anilines is 2. The third-order valence-corrected chi connectivity index (χ3v) is 5.40. The van der Waals surface area contributed by atoms with E-state index in [1.807, 2.05) is 65.6 Å². The molecule has 1 saturated heterocycles. The van der Waals surface area contributed by atoms with Gasteiger partial charge in [-0.05, 0) is 54.4 Å². The largest absolute Gasteiger partial charge is 0.497 e. The Bertz CT molecular complexity index is 1090. The molecule has 0 spiro atoms. The number of carbonyl (C=O) groups excluding carboxylic acids is 2. The number of nitrogens with one attached hydrogen (secondary N) is 1. The van der Waals surface area contributed by atoms with E-state index in [-0.39, 0.29) is 18.5 Å². The Hall–Kier alpha value is -4.00. The van der Waals surface area contributed by atoms with Gasteiger partial charge in [0.05, 0.1) is 7.11 Å². The van der Waals surface area contributed by atoms with Crippen LogP contribution in [0, 0.1) is 0 Å². The van der Waals surface area contributed by atoms with Gasteiger partial charge in [0, 0.05) is 31.0 Å². The molecule has 3 aromatic carbocycles. The van der Waals surface area contributed by atoms with Gasteiger partial charge in [-0.15, -0.1) is 0 Å². The number of nitrogens with zero attached hydrogens (tertiary/aromatic N) is 2. The van der Waals surface area contributed by atoms with Crippen molar-refractivity contribution in [1.82, 2.24) is 4.90 Å². The Labute approximate surface area is 193 Å². The summed E-state index contributed by atoms with van der Waals surface area (Å²) in [4.78, 5) is 29.1. The van der Waals surface area contributed by atoms with Crippen LogP contribution in [-0.4, -0.2) is 43.6 Å². The molecule has 1 N–H and O–H groups in total. The lowest BCUT2D eigenvalue weighted by atomic mass is 10.1. The summed E-state index contributed by atoms with van der Waals surface area (Å²) in [5.74, 6) is 1.16. The molecule has 7 nitrogen and oxygen atoms in total. The fourth-order valence-corrected chi connectivity index (χ4v) is 3.73. The maximum absolute atomic E-state index is 13.2. The first kappa shape index (κ1) is 22.2. The van der Waals surface area contributed by atoms with Gasteiger partial charge >= 0.3 is 6.03 Å². The first-order valence-electron chi connectivity index (χ1n) is 10.9. The zero-order chi connectivity index (χ0) is 23.0. The molecule has 3 amide bonds. The van der Waals surface area contributed by atoms with Crippen LogP contribution >= 0.6 is 0 Å². The first-order chi connectivity index (χ1) is 16.1. The second kappa shape index (κ2) is 10.5. The minimum Gasteiger partial charge on any atom is -0.497 e. The Morgan fingerprint density at radius 2 is 1.73 bits per heavy atom. The summed E-state index contributed by atoms with van der Waals surface area (Å²) >= 11 is 0. The quantitative estimate of drug-likeness (QED) is 0.552. The van der Waals surface area contributed by atoms with Gasteiger partial charge in [-0.1, -0.05) is 36.4 Å². The lowest BCUT2D eigenvalue weighted by Gasteiger charge is -2.36. The van der Waals surface area contributed by atoms with E-state index in [4.69, 9.17) is 9.47 Å². The van der Waals surface area contributed by atoms with Gasteiger partial charge in [-0.2, -0.15) is 0 Å². The van der Waals surface area contributed by atoms with Crippen LogP contribution in [0.15, 0.2) is 78.9 Å². The summed E-state index contributed by atoms with van der Waals surface area (Å²) in [6.07, 6.45) is 0.864. The van der Waals surface area contributed by atoms with E-state index in [9.17, 15) is 9.59 Å². The van der Waals surface area contributed by atoms with E-state index in [0.717, 1.165) is 23.4 Å². The molecule has 0 aromatic heterocycles. The van der Waals surface area contributed by atoms with Crippen molar-refractivity contribution in [2.75, 3.05) is 37.0 Å². The van der Waals surface area contributed by atoms with Gasteiger partial charge in [0.2, 0.25) is 0 Å². The van der Waals surface area contributed by atoms with Gasteiger partial charge < -0.3 is 19.7 Å². The molecule has 0 aliphatic carbocycles. The highest BCUT2D eigenvalue weighted by molar-refractivity contribution is 5.95. The monoisotopic (exact) mass is 445 g/mol. The summed E-state index contributed by atoms with van der Waals surface area (Å²) in [7, 11) is 1.63. The molecule has 1 aliphatic heterocycles. The third-order valence-electron chi connectivity index (χ3n) is 5.40. The average Bonchev–Trinajstić information content (AvgIpc) is 2.85. The lowest BCUT2D eigenvalue weighted by molar-refractivity contribution is -0.118. The smallest absolute Gasteiger partial charge is 0.324 e. The summed E-state index contributed by atoms with van der Waals surface area (Å²) in [5.41, 5.74) is 2.42. The number of urea groups is 1. The molecule has 1 fully saturated rings. The fourth-order valence-electron chi connectivity index (χ4n) is 3.73. The molecular formula is C26H27N3O4. The molecule has 0 bridgehead atoms. The average molecular weight is 446 g/mol. The molecule has 3 aromatic rings. The normalized spacial score (nSPS) is 13.5. The standard InChI is InChI=1S/C26H27N3O4/c1-32-23-13-11-20(12-14-23)18-28-15-6-16-29(26(28)31)22-8-5-7-21(17-22)27-25(30)19-33-24-9-3-2-4-10-24/h2-5,7-14,17H,6,15-16,18-19H2,1H3,(H,27,30). The van der Waals surface area contributed by atoms with E-state index in [2.05, 4.69) is 5.32 Å². The number of benzene rings is 3. The SMILES string of the molecule is COc1ccc(CN2CCCN(c3cccc(NC(=O)COc4ccccc4)c3)C2=O)cc1. The highest BCUT2D eigenvalue weighted by Gasteiger charge is 2.27. The van der Waals surface area contributed by atoms with Crippen molar-refractivity contribution < 1.29 is 19.1 Å². The zero-order valence-electron chi connectivity index (χ0n) is 18.6. The molecule has 0 unspecified atom stereocenters. The van der Waals surface area contributed by atoms with E-state index in [1.165, 1.54) is 0 Å². The number of methoxy groups -OCH3 is 1. The number of para-hydroxylation sites is 1. The molecule has 7 heteroatoms. The number of hydrogen-bond donors (Lipinski definition) is 1. The molecule has 33 heavy (non-hydrogen) atoms. The highest BCUT2D eigenvalue weighted by atomic mass is 16.5. The van der Waals surface area contributed by atoms with Crippen molar-refractivity contribution in [3.8, 4) is 11.5 Å². The van der Waals surface area contributed by atoms with Crippen LogP contribution < -0.4 is 19.7 Å². The second-order valence-electron chi connectivity index (χ2n) is 7.76. The molecule has 1 aliphatic rings. The molecule has 0 atom stereocenters. The van der Waals surface area contributed by atoms with Crippen molar-refractivity contribution in [1.29, 1.82) is 0 Å². The van der Waals surface area contributed by atoms with Gasteiger partial charge in [0.25, 0.3) is 5.91 Å². The number of carbonyl (C=O) groups is 2. The first-order valence-corrected chi connectivity index (χ1v) is 10.9. The topological polar surface area (TPSA) is 71.1 Å². The van der Waals surface area contributed by atoms with Crippen molar-refractivity contribution in [3.05, 3.63) is 84.4 Å². The molecule has 0 radical (unpaired) electrons. The van der Waals surface area contributed by atoms with Gasteiger partial charge in [-0.25, -0.2) is 4.79 Å². The van der Waals surface area contributed by atoms with E-state index in [0.29, 0.717) is 31.1 Å². The Morgan fingerprint density at radius 3 is 2.48 bits per heavy atom. The van der Waals surface area contributed by atoms with Crippen LogP contribution in [0.3, 0.4) is 0 Å². The van der Waals surface area contributed by atoms with Crippen LogP contribution in [0.25, 0.3) is 0 Å². The van der Waals surface area contributed by atoms with Crippen LogP contribution in [0.1, 0.15) is 12.0 Å². The van der Waals surface area contributed by atoms with Crippen molar-refractivity contribution in [3.63, 3.8) is 0 Å². The summed E-state index contributed by atoms with van der Waals surface area (Å²) in [5, 5.41) is 2.84. The molecule has 0 saturated carbocycles. The summed E-state index contributed by atoms with van der Waals surface area (Å²) in [6, 6.07) is 24.2. The van der Waals surface area contributed by atoms with Gasteiger partial charge in [0.15, 0.2) is 6.61 Å². The Kier molecular flexibility index (Phi) is 7.09. The maximum atomic E-state index is 13.2. The van der Waals surface area contributed by atoms with Crippen LogP contribution in [0.2, 0.25) is 0 Å². The molecule has 4 rings (SSSR count).